The third kappa shape index (κ3) is 7.12. The zero-order chi connectivity index (χ0) is 22.9. The summed E-state index contributed by atoms with van der Waals surface area (Å²) in [5.41, 5.74) is 5.17. The van der Waals surface area contributed by atoms with Crippen molar-refractivity contribution in [3.63, 3.8) is 0 Å². The van der Waals surface area contributed by atoms with Gasteiger partial charge in [0.1, 0.15) is 5.75 Å². The molecule has 0 aromatic heterocycles. The molecule has 0 aliphatic rings. The fraction of sp³-hybridized carbons (Fsp3) is 0.440. The zero-order valence-corrected chi connectivity index (χ0v) is 18.9. The molecule has 0 atom stereocenters. The first kappa shape index (κ1) is 25.6. The second-order valence-electron chi connectivity index (χ2n) is 7.30. The number of halogens is 3. The molecule has 0 fully saturated rings. The van der Waals surface area contributed by atoms with Gasteiger partial charge in [0.2, 0.25) is 0 Å². The van der Waals surface area contributed by atoms with Gasteiger partial charge in [0.05, 0.1) is 0 Å². The summed E-state index contributed by atoms with van der Waals surface area (Å²) in [5, 5.41) is 0. The first-order valence-corrected chi connectivity index (χ1v) is 10.5. The minimum absolute atomic E-state index is 0.219. The molecule has 0 N–H and O–H groups in total. The molecule has 0 radical (unpaired) electrons. The Morgan fingerprint density at radius 1 is 1.03 bits per heavy atom. The highest BCUT2D eigenvalue weighted by Gasteiger charge is 2.31. The maximum absolute atomic E-state index is 12.4. The van der Waals surface area contributed by atoms with Gasteiger partial charge < -0.3 is 9.64 Å². The van der Waals surface area contributed by atoms with Gasteiger partial charge in [0.25, 0.3) is 0 Å². The summed E-state index contributed by atoms with van der Waals surface area (Å²) in [7, 11) is 1.94. The van der Waals surface area contributed by atoms with Gasteiger partial charge in [-0.25, -0.2) is 0 Å². The monoisotopic (exact) mass is 421 g/mol. The van der Waals surface area contributed by atoms with Crippen LogP contribution in [0.5, 0.6) is 5.75 Å². The second-order valence-corrected chi connectivity index (χ2v) is 7.30. The van der Waals surface area contributed by atoms with E-state index in [0.29, 0.717) is 5.92 Å². The maximum Gasteiger partial charge on any atom is 0.573 e. The van der Waals surface area contributed by atoms with Crippen LogP contribution in [-0.4, -0.2) is 13.4 Å². The molecule has 2 aromatic rings. The van der Waals surface area contributed by atoms with Crippen molar-refractivity contribution in [1.29, 1.82) is 0 Å². The third-order valence-electron chi connectivity index (χ3n) is 4.91. The van der Waals surface area contributed by atoms with Crippen molar-refractivity contribution in [2.45, 2.75) is 66.2 Å². The highest BCUT2D eigenvalue weighted by atomic mass is 19.4. The molecular formula is C25H34F3NO. The lowest BCUT2D eigenvalue weighted by Crippen LogP contribution is -2.16. The molecule has 0 aliphatic heterocycles. The van der Waals surface area contributed by atoms with Gasteiger partial charge in [-0.3, -0.25) is 0 Å². The predicted molar refractivity (Wildman–Crippen MR) is 121 cm³/mol. The van der Waals surface area contributed by atoms with Gasteiger partial charge in [0, 0.05) is 12.7 Å². The minimum Gasteiger partial charge on any atom is -0.406 e. The lowest BCUT2D eigenvalue weighted by atomic mass is 9.88. The Hall–Kier alpha value is -2.43. The van der Waals surface area contributed by atoms with E-state index in [9.17, 15) is 13.2 Å². The van der Waals surface area contributed by atoms with Crippen LogP contribution in [0.4, 0.5) is 18.9 Å². The Balaban J connectivity index is 0.00000141. The SMILES string of the molecule is C=CN(C)c1cc(C(CC)CC)cc(-c2ccc(OC(F)(F)F)cc2)c1C.CCC. The Bertz CT molecular complexity index is 793. The van der Waals surface area contributed by atoms with E-state index in [4.69, 9.17) is 0 Å². The van der Waals surface area contributed by atoms with E-state index in [1.54, 1.807) is 18.3 Å². The van der Waals surface area contributed by atoms with Crippen molar-refractivity contribution in [3.8, 4) is 16.9 Å². The summed E-state index contributed by atoms with van der Waals surface area (Å²) in [4.78, 5) is 1.96. The van der Waals surface area contributed by atoms with Crippen molar-refractivity contribution in [2.75, 3.05) is 11.9 Å². The Kier molecular flexibility index (Phi) is 9.97. The number of benzene rings is 2. The van der Waals surface area contributed by atoms with Gasteiger partial charge in [-0.15, -0.1) is 13.2 Å². The van der Waals surface area contributed by atoms with E-state index >= 15 is 0 Å². The van der Waals surface area contributed by atoms with Gasteiger partial charge in [0.15, 0.2) is 0 Å². The molecule has 0 heterocycles. The molecule has 166 valence electrons. The predicted octanol–water partition coefficient (Wildman–Crippen LogP) is 8.46. The van der Waals surface area contributed by atoms with Crippen molar-refractivity contribution in [2.24, 2.45) is 0 Å². The summed E-state index contributed by atoms with van der Waals surface area (Å²) >= 11 is 0. The van der Waals surface area contributed by atoms with Gasteiger partial charge in [-0.2, -0.15) is 0 Å². The molecule has 5 heteroatoms. The minimum atomic E-state index is -4.69. The average molecular weight is 422 g/mol. The fourth-order valence-electron chi connectivity index (χ4n) is 3.32. The van der Waals surface area contributed by atoms with Crippen LogP contribution >= 0.6 is 0 Å². The van der Waals surface area contributed by atoms with Crippen molar-refractivity contribution in [3.05, 3.63) is 60.3 Å². The second kappa shape index (κ2) is 11.7. The standard InChI is InChI=1S/C22H26F3NO.C3H8/c1-6-16(7-2)18-13-20(15(4)21(14-18)26(5)8-3)17-9-11-19(12-10-17)27-22(23,24)25;1-3-2/h8-14,16H,3,6-7H2,1-2,4-5H3;3H2,1-2H3. The molecule has 2 nitrogen and oxygen atoms in total. The first-order chi connectivity index (χ1) is 14.1. The van der Waals surface area contributed by atoms with Crippen LogP contribution in [0.2, 0.25) is 0 Å². The number of ether oxygens (including phenoxy) is 1. The number of anilines is 1. The summed E-state index contributed by atoms with van der Waals surface area (Å²) < 4.78 is 41.2. The quantitative estimate of drug-likeness (QED) is 0.444. The van der Waals surface area contributed by atoms with E-state index in [2.05, 4.69) is 51.1 Å². The van der Waals surface area contributed by atoms with Crippen LogP contribution < -0.4 is 9.64 Å². The largest absolute Gasteiger partial charge is 0.573 e. The van der Waals surface area contributed by atoms with E-state index < -0.39 is 6.36 Å². The zero-order valence-electron chi connectivity index (χ0n) is 18.9. The van der Waals surface area contributed by atoms with Crippen LogP contribution in [-0.2, 0) is 0 Å². The molecular weight excluding hydrogens is 387 g/mol. The summed E-state index contributed by atoms with van der Waals surface area (Å²) in [5.74, 6) is 0.206. The van der Waals surface area contributed by atoms with Crippen LogP contribution in [0, 0.1) is 6.92 Å². The summed E-state index contributed by atoms with van der Waals surface area (Å²) in [6.45, 7) is 14.4. The molecule has 0 aliphatic carbocycles. The van der Waals surface area contributed by atoms with Gasteiger partial charge in [-0.05, 0) is 72.3 Å². The van der Waals surface area contributed by atoms with Crippen LogP contribution in [0.15, 0.2) is 49.2 Å². The van der Waals surface area contributed by atoms with E-state index in [0.717, 1.165) is 35.2 Å². The highest BCUT2D eigenvalue weighted by Crippen LogP contribution is 2.37. The van der Waals surface area contributed by atoms with E-state index in [1.807, 2.05) is 18.9 Å². The van der Waals surface area contributed by atoms with Crippen molar-refractivity contribution in [1.82, 2.24) is 0 Å². The lowest BCUT2D eigenvalue weighted by molar-refractivity contribution is -0.274. The summed E-state index contributed by atoms with van der Waals surface area (Å²) in [6.07, 6.45) is 0.360. The average Bonchev–Trinajstić information content (AvgIpc) is 2.69. The number of nitrogens with zero attached hydrogens (tertiary/aromatic N) is 1. The number of hydrogen-bond acceptors (Lipinski definition) is 2. The molecule has 2 aromatic carbocycles. The smallest absolute Gasteiger partial charge is 0.406 e. The highest BCUT2D eigenvalue weighted by molar-refractivity contribution is 5.76. The van der Waals surface area contributed by atoms with E-state index in [-0.39, 0.29) is 5.75 Å². The number of rotatable bonds is 7. The molecule has 0 unspecified atom stereocenters. The number of alkyl halides is 3. The van der Waals surface area contributed by atoms with Crippen molar-refractivity contribution < 1.29 is 17.9 Å². The molecule has 0 spiro atoms. The van der Waals surface area contributed by atoms with Crippen LogP contribution in [0.1, 0.15) is 64.0 Å². The van der Waals surface area contributed by atoms with Gasteiger partial charge in [-0.1, -0.05) is 58.9 Å². The molecule has 30 heavy (non-hydrogen) atoms. The third-order valence-corrected chi connectivity index (χ3v) is 4.91. The maximum atomic E-state index is 12.4. The Labute approximate surface area is 179 Å². The lowest BCUT2D eigenvalue weighted by Gasteiger charge is -2.23. The molecule has 0 amide bonds. The molecule has 0 saturated heterocycles. The van der Waals surface area contributed by atoms with Crippen LogP contribution in [0.25, 0.3) is 11.1 Å². The molecule has 0 bridgehead atoms. The Morgan fingerprint density at radius 2 is 1.57 bits per heavy atom. The first-order valence-electron chi connectivity index (χ1n) is 10.5. The van der Waals surface area contributed by atoms with E-state index in [1.165, 1.54) is 24.1 Å². The fourth-order valence-corrected chi connectivity index (χ4v) is 3.32. The van der Waals surface area contributed by atoms with Crippen LogP contribution in [0.3, 0.4) is 0 Å². The normalized spacial score (nSPS) is 11.0. The molecule has 2 rings (SSSR count). The summed E-state index contributed by atoms with van der Waals surface area (Å²) in [6, 6.07) is 10.4. The topological polar surface area (TPSA) is 12.5 Å². The molecule has 0 saturated carbocycles. The number of hydrogen-bond donors (Lipinski definition) is 0. The Morgan fingerprint density at radius 3 is 2.00 bits per heavy atom. The van der Waals surface area contributed by atoms with Crippen molar-refractivity contribution >= 4 is 5.69 Å². The van der Waals surface area contributed by atoms with Gasteiger partial charge >= 0.3 is 6.36 Å².